The number of amides is 1. The summed E-state index contributed by atoms with van der Waals surface area (Å²) in [4.78, 5) is 35.3. The first-order chi connectivity index (χ1) is 10.8. The van der Waals surface area contributed by atoms with Gasteiger partial charge in [-0.3, -0.25) is 9.59 Å². The molecule has 0 radical (unpaired) electrons. The fraction of sp³-hybridized carbons (Fsp3) is 0.615. The van der Waals surface area contributed by atoms with Crippen molar-refractivity contribution in [3.63, 3.8) is 0 Å². The van der Waals surface area contributed by atoms with Crippen molar-refractivity contribution >= 4 is 23.6 Å². The summed E-state index contributed by atoms with van der Waals surface area (Å²) in [5.74, 6) is 4.85. The third-order valence-corrected chi connectivity index (χ3v) is 3.82. The average molecular weight is 343 g/mol. The Morgan fingerprint density at radius 3 is 2.61 bits per heavy atom. The monoisotopic (exact) mass is 343 g/mol. The summed E-state index contributed by atoms with van der Waals surface area (Å²) in [5.41, 5.74) is -0.306. The summed E-state index contributed by atoms with van der Waals surface area (Å²) < 4.78 is 5.52. The van der Waals surface area contributed by atoms with Crippen LogP contribution in [-0.2, 0) is 14.3 Å². The van der Waals surface area contributed by atoms with Gasteiger partial charge in [0.15, 0.2) is 0 Å². The Hall–Kier alpha value is -2.10. The van der Waals surface area contributed by atoms with Crippen molar-refractivity contribution in [3.8, 4) is 0 Å². The lowest BCUT2D eigenvalue weighted by Gasteiger charge is -2.18. The molecule has 0 aliphatic carbocycles. The predicted octanol–water partition coefficient (Wildman–Crippen LogP) is -0.543. The first kappa shape index (κ1) is 18.9. The number of thioether (sulfide) groups is 1. The number of aryl methyl sites for hydroxylation is 1. The van der Waals surface area contributed by atoms with Crippen LogP contribution in [0.1, 0.15) is 26.0 Å². The maximum Gasteiger partial charge on any atom is 0.328 e. The molecule has 0 fully saturated rings. The number of hydrogen-bond acceptors (Lipinski definition) is 8. The summed E-state index contributed by atoms with van der Waals surface area (Å²) in [7, 11) is 1.27. The number of aromatic nitrogens is 3. The van der Waals surface area contributed by atoms with E-state index in [0.717, 1.165) is 16.4 Å². The molecular formula is C13H21N5O4S. The molecule has 3 N–H and O–H groups in total. The highest BCUT2D eigenvalue weighted by molar-refractivity contribution is 7.99. The number of carbonyl (C=O) groups excluding carboxylic acids is 2. The topological polar surface area (TPSA) is 129 Å². The Labute approximate surface area is 137 Å². The molecule has 1 aromatic rings. The fourth-order valence-corrected chi connectivity index (χ4v) is 2.43. The van der Waals surface area contributed by atoms with E-state index in [1.165, 1.54) is 14.0 Å². The molecule has 0 saturated heterocycles. The molecule has 0 aliphatic heterocycles. The second kappa shape index (κ2) is 8.51. The Balaban J connectivity index is 2.67. The van der Waals surface area contributed by atoms with Crippen molar-refractivity contribution in [2.24, 2.45) is 5.92 Å². The van der Waals surface area contributed by atoms with Crippen LogP contribution in [0.4, 0.5) is 0 Å². The van der Waals surface area contributed by atoms with Crippen molar-refractivity contribution < 1.29 is 14.3 Å². The van der Waals surface area contributed by atoms with Crippen LogP contribution in [0.5, 0.6) is 0 Å². The van der Waals surface area contributed by atoms with Crippen molar-refractivity contribution in [2.45, 2.75) is 38.4 Å². The first-order valence-corrected chi connectivity index (χ1v) is 7.96. The Kier molecular flexibility index (Phi) is 7.01. The predicted molar refractivity (Wildman–Crippen MR) is 85.3 cm³/mol. The van der Waals surface area contributed by atoms with Gasteiger partial charge in [-0.15, -0.1) is 10.2 Å². The standard InChI is InChI=1S/C13H21N5O4S/c1-7(2)5-9(12(21)22-4)15-10(19)6-23-13-17-16-8(3)11(20)18(13)14/h7,9H,5-6,14H2,1-4H3,(H,15,19). The van der Waals surface area contributed by atoms with E-state index in [2.05, 4.69) is 20.3 Å². The second-order valence-electron chi connectivity index (χ2n) is 5.30. The molecule has 0 aromatic carbocycles. The van der Waals surface area contributed by atoms with Crippen LogP contribution in [0.2, 0.25) is 0 Å². The molecule has 1 rings (SSSR count). The van der Waals surface area contributed by atoms with E-state index in [9.17, 15) is 14.4 Å². The smallest absolute Gasteiger partial charge is 0.328 e. The Morgan fingerprint density at radius 2 is 2.04 bits per heavy atom. The van der Waals surface area contributed by atoms with Crippen LogP contribution in [0.25, 0.3) is 0 Å². The lowest BCUT2D eigenvalue weighted by atomic mass is 10.0. The Bertz CT molecular complexity index is 631. The number of rotatable bonds is 7. The highest BCUT2D eigenvalue weighted by Gasteiger charge is 2.22. The highest BCUT2D eigenvalue weighted by Crippen LogP contribution is 2.12. The number of nitrogens with two attached hydrogens (primary N) is 1. The molecule has 0 spiro atoms. The van der Waals surface area contributed by atoms with E-state index in [4.69, 9.17) is 5.84 Å². The zero-order chi connectivity index (χ0) is 17.6. The molecule has 0 aliphatic rings. The van der Waals surface area contributed by atoms with Crippen LogP contribution < -0.4 is 16.7 Å². The largest absolute Gasteiger partial charge is 0.467 e. The van der Waals surface area contributed by atoms with Gasteiger partial charge in [0.25, 0.3) is 5.56 Å². The molecule has 1 atom stereocenters. The first-order valence-electron chi connectivity index (χ1n) is 6.97. The lowest BCUT2D eigenvalue weighted by molar-refractivity contribution is -0.145. The van der Waals surface area contributed by atoms with E-state index in [1.54, 1.807) is 0 Å². The van der Waals surface area contributed by atoms with Gasteiger partial charge in [0.2, 0.25) is 11.1 Å². The number of nitrogens with zero attached hydrogens (tertiary/aromatic N) is 3. The van der Waals surface area contributed by atoms with Gasteiger partial charge in [0.05, 0.1) is 12.9 Å². The zero-order valence-electron chi connectivity index (χ0n) is 13.5. The molecule has 9 nitrogen and oxygen atoms in total. The van der Waals surface area contributed by atoms with Gasteiger partial charge in [-0.1, -0.05) is 25.6 Å². The molecule has 1 unspecified atom stereocenters. The van der Waals surface area contributed by atoms with Gasteiger partial charge in [0.1, 0.15) is 11.7 Å². The molecule has 128 valence electrons. The molecule has 0 saturated carbocycles. The third kappa shape index (κ3) is 5.55. The van der Waals surface area contributed by atoms with Crippen LogP contribution in [-0.4, -0.2) is 45.7 Å². The molecule has 1 amide bonds. The molecule has 10 heteroatoms. The van der Waals surface area contributed by atoms with Crippen LogP contribution in [0.15, 0.2) is 9.95 Å². The second-order valence-corrected chi connectivity index (χ2v) is 6.25. The van der Waals surface area contributed by atoms with Crippen molar-refractivity contribution in [2.75, 3.05) is 18.7 Å². The SMILES string of the molecule is COC(=O)C(CC(C)C)NC(=O)CSc1nnc(C)c(=O)n1N. The van der Waals surface area contributed by atoms with E-state index in [1.807, 2.05) is 13.8 Å². The van der Waals surface area contributed by atoms with Crippen LogP contribution >= 0.6 is 11.8 Å². The maximum atomic E-state index is 12.0. The number of carbonyl (C=O) groups is 2. The van der Waals surface area contributed by atoms with Gasteiger partial charge in [-0.25, -0.2) is 4.79 Å². The van der Waals surface area contributed by atoms with Crippen molar-refractivity contribution in [1.29, 1.82) is 0 Å². The van der Waals surface area contributed by atoms with Gasteiger partial charge < -0.3 is 15.9 Å². The summed E-state index contributed by atoms with van der Waals surface area (Å²) in [6.07, 6.45) is 0.467. The minimum Gasteiger partial charge on any atom is -0.467 e. The number of nitrogens with one attached hydrogen (secondary N) is 1. The fourth-order valence-electron chi connectivity index (χ4n) is 1.76. The van der Waals surface area contributed by atoms with Gasteiger partial charge in [0, 0.05) is 0 Å². The van der Waals surface area contributed by atoms with E-state index >= 15 is 0 Å². The molecule has 1 heterocycles. The van der Waals surface area contributed by atoms with E-state index < -0.39 is 17.6 Å². The lowest BCUT2D eigenvalue weighted by Crippen LogP contribution is -2.43. The van der Waals surface area contributed by atoms with Crippen LogP contribution in [0.3, 0.4) is 0 Å². The summed E-state index contributed by atoms with van der Waals surface area (Å²) in [6.45, 7) is 5.37. The number of esters is 1. The van der Waals surface area contributed by atoms with Crippen molar-refractivity contribution in [1.82, 2.24) is 20.2 Å². The van der Waals surface area contributed by atoms with Gasteiger partial charge in [-0.2, -0.15) is 4.68 Å². The molecule has 23 heavy (non-hydrogen) atoms. The normalized spacial score (nSPS) is 12.0. The van der Waals surface area contributed by atoms with Gasteiger partial charge in [-0.05, 0) is 19.3 Å². The summed E-state index contributed by atoms with van der Waals surface area (Å²) in [5, 5.41) is 10.2. The summed E-state index contributed by atoms with van der Waals surface area (Å²) >= 11 is 0.958. The average Bonchev–Trinajstić information content (AvgIpc) is 2.50. The van der Waals surface area contributed by atoms with Crippen LogP contribution in [0, 0.1) is 12.8 Å². The van der Waals surface area contributed by atoms with E-state index in [0.29, 0.717) is 6.42 Å². The zero-order valence-corrected chi connectivity index (χ0v) is 14.3. The number of ether oxygens (including phenoxy) is 1. The molecule has 0 bridgehead atoms. The molecule has 1 aromatic heterocycles. The Morgan fingerprint density at radius 1 is 1.39 bits per heavy atom. The maximum absolute atomic E-state index is 12.0. The quantitative estimate of drug-likeness (QED) is 0.383. The minimum absolute atomic E-state index is 0.0556. The number of hydrogen-bond donors (Lipinski definition) is 2. The minimum atomic E-state index is -0.711. The van der Waals surface area contributed by atoms with Gasteiger partial charge >= 0.3 is 5.97 Å². The number of nitrogen functional groups attached to an aromatic ring is 1. The third-order valence-electron chi connectivity index (χ3n) is 2.88. The van der Waals surface area contributed by atoms with E-state index in [-0.39, 0.29) is 28.4 Å². The summed E-state index contributed by atoms with van der Waals surface area (Å²) in [6, 6.07) is -0.711. The highest BCUT2D eigenvalue weighted by atomic mass is 32.2. The number of methoxy groups -OCH3 is 1. The molecular weight excluding hydrogens is 322 g/mol. The van der Waals surface area contributed by atoms with Crippen molar-refractivity contribution in [3.05, 3.63) is 16.0 Å².